The summed E-state index contributed by atoms with van der Waals surface area (Å²) in [4.78, 5) is 14.2. The van der Waals surface area contributed by atoms with E-state index >= 15 is 0 Å². The van der Waals surface area contributed by atoms with E-state index in [0.717, 1.165) is 71.3 Å². The van der Waals surface area contributed by atoms with E-state index in [9.17, 15) is 0 Å². The van der Waals surface area contributed by atoms with Crippen molar-refractivity contribution in [1.82, 2.24) is 19.6 Å². The molecule has 0 unspecified atom stereocenters. The number of aromatic nitrogens is 4. The highest BCUT2D eigenvalue weighted by Crippen LogP contribution is 2.35. The fourth-order valence-corrected chi connectivity index (χ4v) is 3.70. The Labute approximate surface area is 168 Å². The Balaban J connectivity index is 2.29. The maximum atomic E-state index is 4.89. The standard InChI is InChI=1S/C22H32N6/c1-8-10-27(11-9-2)19-13-16(4)24-22-20(17(5)25-28(19)22)21-18(26(6)7)12-15(3)14-23-21/h12-14H,8-11H2,1-7H3. The van der Waals surface area contributed by atoms with Crippen molar-refractivity contribution in [2.45, 2.75) is 47.5 Å². The molecule has 3 aromatic heterocycles. The van der Waals surface area contributed by atoms with Gasteiger partial charge >= 0.3 is 0 Å². The van der Waals surface area contributed by atoms with Gasteiger partial charge in [0.05, 0.1) is 22.6 Å². The van der Waals surface area contributed by atoms with Gasteiger partial charge in [0, 0.05) is 45.1 Å². The number of nitrogens with zero attached hydrogens (tertiary/aromatic N) is 6. The maximum Gasteiger partial charge on any atom is 0.167 e. The zero-order chi connectivity index (χ0) is 20.4. The number of hydrogen-bond acceptors (Lipinski definition) is 5. The van der Waals surface area contributed by atoms with Crippen LogP contribution in [0.5, 0.6) is 0 Å². The topological polar surface area (TPSA) is 49.6 Å². The van der Waals surface area contributed by atoms with Crippen molar-refractivity contribution in [2.75, 3.05) is 37.0 Å². The third kappa shape index (κ3) is 3.68. The zero-order valence-electron chi connectivity index (χ0n) is 18.2. The second-order valence-corrected chi connectivity index (χ2v) is 7.71. The van der Waals surface area contributed by atoms with Gasteiger partial charge < -0.3 is 9.80 Å². The lowest BCUT2D eigenvalue weighted by Crippen LogP contribution is -2.27. The third-order valence-electron chi connectivity index (χ3n) is 4.91. The van der Waals surface area contributed by atoms with Crippen molar-refractivity contribution < 1.29 is 0 Å². The van der Waals surface area contributed by atoms with Crippen LogP contribution in [0.3, 0.4) is 0 Å². The maximum absolute atomic E-state index is 4.89. The summed E-state index contributed by atoms with van der Waals surface area (Å²) in [5, 5.41) is 4.89. The quantitative estimate of drug-likeness (QED) is 0.608. The SMILES string of the molecule is CCCN(CCC)c1cc(C)nc2c(-c3ncc(C)cc3N(C)C)c(C)nn12. The molecule has 3 aromatic rings. The molecule has 6 nitrogen and oxygen atoms in total. The molecule has 0 aliphatic carbocycles. The van der Waals surface area contributed by atoms with Crippen LogP contribution in [0.25, 0.3) is 16.9 Å². The molecule has 0 amide bonds. The second-order valence-electron chi connectivity index (χ2n) is 7.71. The van der Waals surface area contributed by atoms with Crippen molar-refractivity contribution in [2.24, 2.45) is 0 Å². The largest absolute Gasteiger partial charge is 0.376 e. The molecule has 0 atom stereocenters. The van der Waals surface area contributed by atoms with Crippen LogP contribution in [0.2, 0.25) is 0 Å². The first-order valence-electron chi connectivity index (χ1n) is 10.1. The fourth-order valence-electron chi connectivity index (χ4n) is 3.70. The summed E-state index contributed by atoms with van der Waals surface area (Å²) >= 11 is 0. The number of fused-ring (bicyclic) bond motifs is 1. The Morgan fingerprint density at radius 3 is 2.29 bits per heavy atom. The van der Waals surface area contributed by atoms with Gasteiger partial charge in [-0.15, -0.1) is 0 Å². The molecule has 0 bridgehead atoms. The van der Waals surface area contributed by atoms with Crippen LogP contribution in [0, 0.1) is 20.8 Å². The van der Waals surface area contributed by atoms with Crippen LogP contribution in [-0.4, -0.2) is 46.8 Å². The predicted molar refractivity (Wildman–Crippen MR) is 118 cm³/mol. The van der Waals surface area contributed by atoms with Gasteiger partial charge in [0.25, 0.3) is 0 Å². The van der Waals surface area contributed by atoms with E-state index in [-0.39, 0.29) is 0 Å². The lowest BCUT2D eigenvalue weighted by Gasteiger charge is -2.24. The van der Waals surface area contributed by atoms with E-state index in [4.69, 9.17) is 15.1 Å². The van der Waals surface area contributed by atoms with Gasteiger partial charge in [-0.1, -0.05) is 13.8 Å². The highest BCUT2D eigenvalue weighted by molar-refractivity contribution is 5.86. The smallest absolute Gasteiger partial charge is 0.167 e. The third-order valence-corrected chi connectivity index (χ3v) is 4.91. The first-order valence-corrected chi connectivity index (χ1v) is 10.1. The van der Waals surface area contributed by atoms with Gasteiger partial charge in [0.2, 0.25) is 0 Å². The first kappa shape index (κ1) is 20.1. The van der Waals surface area contributed by atoms with Gasteiger partial charge in [-0.3, -0.25) is 4.98 Å². The minimum absolute atomic E-state index is 0.879. The van der Waals surface area contributed by atoms with Crippen LogP contribution >= 0.6 is 0 Å². The second kappa shape index (κ2) is 8.17. The van der Waals surface area contributed by atoms with E-state index in [1.165, 1.54) is 0 Å². The first-order chi connectivity index (χ1) is 13.4. The Bertz CT molecular complexity index is 967. The lowest BCUT2D eigenvalue weighted by atomic mass is 10.1. The molecule has 0 saturated heterocycles. The summed E-state index contributed by atoms with van der Waals surface area (Å²) in [6.07, 6.45) is 4.11. The zero-order valence-corrected chi connectivity index (χ0v) is 18.2. The Morgan fingerprint density at radius 1 is 1.00 bits per heavy atom. The number of rotatable bonds is 7. The van der Waals surface area contributed by atoms with Crippen LogP contribution in [-0.2, 0) is 0 Å². The molecule has 0 saturated carbocycles. The van der Waals surface area contributed by atoms with Crippen LogP contribution in [0.15, 0.2) is 18.3 Å². The van der Waals surface area contributed by atoms with Crippen molar-refractivity contribution in [3.05, 3.63) is 35.3 Å². The summed E-state index contributed by atoms with van der Waals surface area (Å²) in [6.45, 7) is 12.6. The molecule has 3 heterocycles. The van der Waals surface area contributed by atoms with Gasteiger partial charge in [-0.2, -0.15) is 9.61 Å². The molecule has 0 N–H and O–H groups in total. The molecular formula is C22H32N6. The summed E-state index contributed by atoms with van der Waals surface area (Å²) in [6, 6.07) is 4.31. The molecule has 0 aromatic carbocycles. The van der Waals surface area contributed by atoms with Crippen molar-refractivity contribution in [1.29, 1.82) is 0 Å². The predicted octanol–water partition coefficient (Wildman–Crippen LogP) is 4.41. The average molecular weight is 381 g/mol. The highest BCUT2D eigenvalue weighted by atomic mass is 15.4. The summed E-state index contributed by atoms with van der Waals surface area (Å²) in [5.41, 5.74) is 7.01. The van der Waals surface area contributed by atoms with Gasteiger partial charge in [0.15, 0.2) is 5.65 Å². The van der Waals surface area contributed by atoms with Gasteiger partial charge in [0.1, 0.15) is 5.82 Å². The molecule has 0 aliphatic rings. The van der Waals surface area contributed by atoms with Crippen molar-refractivity contribution in [3.63, 3.8) is 0 Å². The van der Waals surface area contributed by atoms with Crippen LogP contribution in [0.4, 0.5) is 11.5 Å². The molecule has 0 radical (unpaired) electrons. The summed E-state index contributed by atoms with van der Waals surface area (Å²) in [5.74, 6) is 1.11. The molecule has 150 valence electrons. The monoisotopic (exact) mass is 380 g/mol. The number of aryl methyl sites for hydroxylation is 3. The molecule has 0 aliphatic heterocycles. The summed E-state index contributed by atoms with van der Waals surface area (Å²) in [7, 11) is 4.10. The van der Waals surface area contributed by atoms with Crippen LogP contribution < -0.4 is 9.80 Å². The Morgan fingerprint density at radius 2 is 1.68 bits per heavy atom. The minimum Gasteiger partial charge on any atom is -0.376 e. The highest BCUT2D eigenvalue weighted by Gasteiger charge is 2.22. The van der Waals surface area contributed by atoms with Crippen molar-refractivity contribution >= 4 is 17.2 Å². The Hall–Kier alpha value is -2.63. The molecular weight excluding hydrogens is 348 g/mol. The minimum atomic E-state index is 0.879. The molecule has 6 heteroatoms. The summed E-state index contributed by atoms with van der Waals surface area (Å²) < 4.78 is 2.00. The van der Waals surface area contributed by atoms with E-state index in [0.29, 0.717) is 0 Å². The average Bonchev–Trinajstić information content (AvgIpc) is 2.96. The van der Waals surface area contributed by atoms with Gasteiger partial charge in [-0.25, -0.2) is 4.98 Å². The molecule has 0 fully saturated rings. The van der Waals surface area contributed by atoms with Crippen molar-refractivity contribution in [3.8, 4) is 11.3 Å². The number of anilines is 2. The number of pyridine rings is 1. The van der Waals surface area contributed by atoms with Gasteiger partial charge in [-0.05, 0) is 45.2 Å². The lowest BCUT2D eigenvalue weighted by molar-refractivity contribution is 0.713. The number of hydrogen-bond donors (Lipinski definition) is 0. The molecule has 3 rings (SSSR count). The van der Waals surface area contributed by atoms with E-state index in [2.05, 4.69) is 63.7 Å². The van der Waals surface area contributed by atoms with E-state index in [1.807, 2.05) is 17.6 Å². The molecule has 28 heavy (non-hydrogen) atoms. The van der Waals surface area contributed by atoms with E-state index < -0.39 is 0 Å². The fraction of sp³-hybridized carbons (Fsp3) is 0.500. The van der Waals surface area contributed by atoms with Crippen LogP contribution in [0.1, 0.15) is 43.6 Å². The molecule has 0 spiro atoms. The normalized spacial score (nSPS) is 11.2. The Kier molecular flexibility index (Phi) is 5.87. The van der Waals surface area contributed by atoms with E-state index in [1.54, 1.807) is 0 Å².